The van der Waals surface area contributed by atoms with E-state index < -0.39 is 0 Å². The summed E-state index contributed by atoms with van der Waals surface area (Å²) in [4.78, 5) is 27.7. The molecule has 1 saturated carbocycles. The molecule has 1 aliphatic heterocycles. The Morgan fingerprint density at radius 3 is 2.44 bits per heavy atom. The smallest absolute Gasteiger partial charge is 0.244 e. The third-order valence-electron chi connectivity index (χ3n) is 4.21. The maximum atomic E-state index is 12.4. The molecule has 102 valence electrons. The van der Waals surface area contributed by atoms with Crippen LogP contribution in [0.15, 0.2) is 0 Å². The SMILES string of the molecule is CC1C(=O)N(C)CCN1C(=O)C1CCC(O)CC1. The highest BCUT2D eigenvalue weighted by atomic mass is 16.3. The van der Waals surface area contributed by atoms with E-state index in [0.29, 0.717) is 25.9 Å². The van der Waals surface area contributed by atoms with Gasteiger partial charge in [0.1, 0.15) is 6.04 Å². The Morgan fingerprint density at radius 2 is 1.83 bits per heavy atom. The van der Waals surface area contributed by atoms with Crippen molar-refractivity contribution in [1.29, 1.82) is 0 Å². The van der Waals surface area contributed by atoms with Crippen molar-refractivity contribution in [2.45, 2.75) is 44.8 Å². The van der Waals surface area contributed by atoms with Crippen LogP contribution < -0.4 is 0 Å². The van der Waals surface area contributed by atoms with Crippen molar-refractivity contribution in [3.8, 4) is 0 Å². The molecule has 5 heteroatoms. The van der Waals surface area contributed by atoms with Crippen molar-refractivity contribution in [1.82, 2.24) is 9.80 Å². The molecule has 0 bridgehead atoms. The topological polar surface area (TPSA) is 60.9 Å². The normalized spacial score (nSPS) is 33.7. The molecule has 2 rings (SSSR count). The molecule has 1 saturated heterocycles. The summed E-state index contributed by atoms with van der Waals surface area (Å²) < 4.78 is 0. The van der Waals surface area contributed by atoms with Gasteiger partial charge in [0.05, 0.1) is 6.10 Å². The van der Waals surface area contributed by atoms with Gasteiger partial charge < -0.3 is 14.9 Å². The second-order valence-corrected chi connectivity index (χ2v) is 5.47. The predicted molar refractivity (Wildman–Crippen MR) is 66.8 cm³/mol. The van der Waals surface area contributed by atoms with Crippen molar-refractivity contribution < 1.29 is 14.7 Å². The van der Waals surface area contributed by atoms with Crippen LogP contribution in [0.3, 0.4) is 0 Å². The number of rotatable bonds is 1. The van der Waals surface area contributed by atoms with Crippen LogP contribution in [-0.4, -0.2) is 59.0 Å². The van der Waals surface area contributed by atoms with Gasteiger partial charge in [-0.15, -0.1) is 0 Å². The van der Waals surface area contributed by atoms with E-state index in [2.05, 4.69) is 0 Å². The zero-order valence-electron chi connectivity index (χ0n) is 11.1. The molecule has 5 nitrogen and oxygen atoms in total. The lowest BCUT2D eigenvalue weighted by molar-refractivity contribution is -0.152. The number of aliphatic hydroxyl groups is 1. The standard InChI is InChI=1S/C13H22N2O3/c1-9-12(17)14(2)7-8-15(9)13(18)10-3-5-11(16)6-4-10/h9-11,16H,3-8H2,1-2H3. The van der Waals surface area contributed by atoms with Crippen molar-refractivity contribution >= 4 is 11.8 Å². The minimum Gasteiger partial charge on any atom is -0.393 e. The van der Waals surface area contributed by atoms with Gasteiger partial charge in [0.25, 0.3) is 0 Å². The van der Waals surface area contributed by atoms with E-state index in [1.165, 1.54) is 0 Å². The summed E-state index contributed by atoms with van der Waals surface area (Å²) >= 11 is 0. The summed E-state index contributed by atoms with van der Waals surface area (Å²) in [6.07, 6.45) is 2.64. The van der Waals surface area contributed by atoms with Crippen LogP contribution in [0.25, 0.3) is 0 Å². The summed E-state index contributed by atoms with van der Waals surface area (Å²) in [5.74, 6) is 0.105. The first-order chi connectivity index (χ1) is 8.50. The molecule has 0 spiro atoms. The van der Waals surface area contributed by atoms with Gasteiger partial charge in [0.15, 0.2) is 0 Å². The number of nitrogens with zero attached hydrogens (tertiary/aromatic N) is 2. The van der Waals surface area contributed by atoms with E-state index >= 15 is 0 Å². The molecule has 0 radical (unpaired) electrons. The number of hydrogen-bond acceptors (Lipinski definition) is 3. The van der Waals surface area contributed by atoms with Crippen molar-refractivity contribution in [2.75, 3.05) is 20.1 Å². The van der Waals surface area contributed by atoms with Gasteiger partial charge in [-0.1, -0.05) is 0 Å². The summed E-state index contributed by atoms with van der Waals surface area (Å²) in [5, 5.41) is 9.46. The van der Waals surface area contributed by atoms with E-state index in [1.54, 1.807) is 23.8 Å². The average Bonchev–Trinajstić information content (AvgIpc) is 2.36. The summed E-state index contributed by atoms with van der Waals surface area (Å²) in [7, 11) is 1.78. The van der Waals surface area contributed by atoms with Gasteiger partial charge in [-0.2, -0.15) is 0 Å². The fraction of sp³-hybridized carbons (Fsp3) is 0.846. The lowest BCUT2D eigenvalue weighted by Crippen LogP contribution is -2.57. The first-order valence-electron chi connectivity index (χ1n) is 6.74. The Balaban J connectivity index is 1.98. The van der Waals surface area contributed by atoms with Gasteiger partial charge in [0.2, 0.25) is 11.8 Å². The lowest BCUT2D eigenvalue weighted by atomic mass is 9.86. The van der Waals surface area contributed by atoms with Crippen LogP contribution in [0, 0.1) is 5.92 Å². The molecule has 1 aliphatic carbocycles. The molecule has 0 aromatic rings. The zero-order valence-corrected chi connectivity index (χ0v) is 11.1. The highest BCUT2D eigenvalue weighted by molar-refractivity contribution is 5.89. The third-order valence-corrected chi connectivity index (χ3v) is 4.21. The van der Waals surface area contributed by atoms with Crippen LogP contribution in [0.2, 0.25) is 0 Å². The molecule has 2 fully saturated rings. The number of piperazine rings is 1. The minimum absolute atomic E-state index is 0.00736. The number of carbonyl (C=O) groups excluding carboxylic acids is 2. The Kier molecular flexibility index (Phi) is 3.90. The van der Waals surface area contributed by atoms with Crippen LogP contribution in [0.5, 0.6) is 0 Å². The molecule has 1 N–H and O–H groups in total. The number of likely N-dealkylation sites (N-methyl/N-ethyl adjacent to an activating group) is 1. The fourth-order valence-electron chi connectivity index (χ4n) is 2.87. The maximum Gasteiger partial charge on any atom is 0.244 e. The number of aliphatic hydroxyl groups excluding tert-OH is 1. The van der Waals surface area contributed by atoms with Crippen LogP contribution in [0.1, 0.15) is 32.6 Å². The van der Waals surface area contributed by atoms with Crippen LogP contribution in [0.4, 0.5) is 0 Å². The van der Waals surface area contributed by atoms with Gasteiger partial charge in [0, 0.05) is 26.1 Å². The van der Waals surface area contributed by atoms with Gasteiger partial charge in [-0.25, -0.2) is 0 Å². The zero-order chi connectivity index (χ0) is 13.3. The molecule has 1 heterocycles. The van der Waals surface area contributed by atoms with Gasteiger partial charge >= 0.3 is 0 Å². The maximum absolute atomic E-state index is 12.4. The predicted octanol–water partition coefficient (Wildman–Crippen LogP) is 0.227. The first kappa shape index (κ1) is 13.3. The molecule has 2 amide bonds. The second-order valence-electron chi connectivity index (χ2n) is 5.47. The Morgan fingerprint density at radius 1 is 1.22 bits per heavy atom. The molecule has 1 unspecified atom stereocenters. The molecule has 1 atom stereocenters. The monoisotopic (exact) mass is 254 g/mol. The highest BCUT2D eigenvalue weighted by Gasteiger charge is 2.36. The number of carbonyl (C=O) groups is 2. The number of hydrogen-bond donors (Lipinski definition) is 1. The fourth-order valence-corrected chi connectivity index (χ4v) is 2.87. The second kappa shape index (κ2) is 5.26. The van der Waals surface area contributed by atoms with Gasteiger partial charge in [-0.3, -0.25) is 9.59 Å². The van der Waals surface area contributed by atoms with E-state index in [4.69, 9.17) is 0 Å². The Labute approximate surface area is 108 Å². The van der Waals surface area contributed by atoms with E-state index in [9.17, 15) is 14.7 Å². The molecular formula is C13H22N2O3. The molecule has 2 aliphatic rings. The van der Waals surface area contributed by atoms with Crippen molar-refractivity contribution in [2.24, 2.45) is 5.92 Å². The van der Waals surface area contributed by atoms with Crippen LogP contribution >= 0.6 is 0 Å². The van der Waals surface area contributed by atoms with E-state index in [-0.39, 0.29) is 29.9 Å². The summed E-state index contributed by atoms with van der Waals surface area (Å²) in [6.45, 7) is 3.04. The largest absolute Gasteiger partial charge is 0.393 e. The quantitative estimate of drug-likeness (QED) is 0.728. The van der Waals surface area contributed by atoms with E-state index in [0.717, 1.165) is 12.8 Å². The highest BCUT2D eigenvalue weighted by Crippen LogP contribution is 2.27. The Hall–Kier alpha value is -1.10. The average molecular weight is 254 g/mol. The number of amides is 2. The van der Waals surface area contributed by atoms with Crippen molar-refractivity contribution in [3.05, 3.63) is 0 Å². The van der Waals surface area contributed by atoms with Crippen LogP contribution in [-0.2, 0) is 9.59 Å². The van der Waals surface area contributed by atoms with Crippen molar-refractivity contribution in [3.63, 3.8) is 0 Å². The molecule has 0 aromatic carbocycles. The first-order valence-corrected chi connectivity index (χ1v) is 6.74. The summed E-state index contributed by atoms with van der Waals surface area (Å²) in [5.41, 5.74) is 0. The minimum atomic E-state index is -0.344. The molecule has 18 heavy (non-hydrogen) atoms. The lowest BCUT2D eigenvalue weighted by Gasteiger charge is -2.39. The van der Waals surface area contributed by atoms with Gasteiger partial charge in [-0.05, 0) is 32.6 Å². The molecular weight excluding hydrogens is 232 g/mol. The third kappa shape index (κ3) is 2.51. The van der Waals surface area contributed by atoms with E-state index in [1.807, 2.05) is 0 Å². The molecule has 0 aromatic heterocycles. The Bertz CT molecular complexity index is 337. The summed E-state index contributed by atoms with van der Waals surface area (Å²) in [6, 6.07) is -0.344.